The van der Waals surface area contributed by atoms with E-state index in [0.29, 0.717) is 11.8 Å². The highest BCUT2D eigenvalue weighted by atomic mass is 16.6. The quantitative estimate of drug-likeness (QED) is 0.298. The van der Waals surface area contributed by atoms with Gasteiger partial charge in [-0.1, -0.05) is 62.3 Å². The molecule has 0 radical (unpaired) electrons. The normalized spacial score (nSPS) is 39.7. The lowest BCUT2D eigenvalue weighted by molar-refractivity contribution is -0.190. The van der Waals surface area contributed by atoms with Crippen molar-refractivity contribution in [2.24, 2.45) is 44.3 Å². The van der Waals surface area contributed by atoms with E-state index < -0.39 is 0 Å². The predicted octanol–water partition coefficient (Wildman–Crippen LogP) is 9.53. The van der Waals surface area contributed by atoms with Gasteiger partial charge in [0, 0.05) is 10.8 Å². The van der Waals surface area contributed by atoms with Crippen molar-refractivity contribution in [2.45, 2.75) is 166 Å². The van der Waals surface area contributed by atoms with Crippen LogP contribution in [0.1, 0.15) is 155 Å². The first-order valence-electron chi connectivity index (χ1n) is 16.0. The smallest absolute Gasteiger partial charge is 0.312 e. The highest BCUT2D eigenvalue weighted by Gasteiger charge is 2.70. The van der Waals surface area contributed by atoms with Crippen molar-refractivity contribution in [1.82, 2.24) is 0 Å². The predicted molar refractivity (Wildman–Crippen MR) is 160 cm³/mol. The van der Waals surface area contributed by atoms with Crippen LogP contribution in [0.3, 0.4) is 0 Å². The van der Waals surface area contributed by atoms with Crippen molar-refractivity contribution >= 4 is 11.9 Å². The Morgan fingerprint density at radius 2 is 1.08 bits per heavy atom. The Hall–Kier alpha value is -1.06. The Morgan fingerprint density at radius 3 is 1.38 bits per heavy atom. The molecule has 4 nitrogen and oxygen atoms in total. The van der Waals surface area contributed by atoms with Crippen LogP contribution in [0.5, 0.6) is 0 Å². The number of hydrogen-bond acceptors (Lipinski definition) is 4. The van der Waals surface area contributed by atoms with Gasteiger partial charge in [-0.05, 0) is 115 Å². The molecule has 0 saturated heterocycles. The van der Waals surface area contributed by atoms with Gasteiger partial charge in [-0.2, -0.15) is 0 Å². The molecule has 226 valence electrons. The molecule has 0 aromatic heterocycles. The molecule has 4 aliphatic carbocycles. The minimum absolute atomic E-state index is 0.00794. The van der Waals surface area contributed by atoms with E-state index in [-0.39, 0.29) is 55.6 Å². The summed E-state index contributed by atoms with van der Waals surface area (Å²) in [6.45, 7) is 30.6. The van der Waals surface area contributed by atoms with Crippen molar-refractivity contribution in [3.05, 3.63) is 0 Å². The Balaban J connectivity index is 0.000000216. The molecule has 0 aromatic rings. The summed E-state index contributed by atoms with van der Waals surface area (Å²) in [6.07, 6.45) is 9.63. The largest absolute Gasteiger partial charge is 0.458 e. The number of fused-ring (bicyclic) bond motifs is 4. The fourth-order valence-electron chi connectivity index (χ4n) is 8.85. The molecule has 4 heteroatoms. The molecule has 4 saturated carbocycles. The first-order chi connectivity index (χ1) is 17.6. The van der Waals surface area contributed by atoms with Gasteiger partial charge >= 0.3 is 11.9 Å². The third-order valence-electron chi connectivity index (χ3n) is 14.3. The molecule has 0 spiro atoms. The van der Waals surface area contributed by atoms with E-state index in [1.807, 2.05) is 27.7 Å². The highest BCUT2D eigenvalue weighted by molar-refractivity contribution is 5.77. The van der Waals surface area contributed by atoms with E-state index in [0.717, 1.165) is 32.1 Å². The van der Waals surface area contributed by atoms with E-state index in [1.165, 1.54) is 25.7 Å². The van der Waals surface area contributed by atoms with Gasteiger partial charge in [-0.3, -0.25) is 9.59 Å². The van der Waals surface area contributed by atoms with Gasteiger partial charge in [0.05, 0.1) is 10.8 Å². The van der Waals surface area contributed by atoms with Crippen molar-refractivity contribution in [1.29, 1.82) is 0 Å². The Morgan fingerprint density at radius 1 is 0.667 bits per heavy atom. The molecule has 39 heavy (non-hydrogen) atoms. The molecule has 4 fully saturated rings. The van der Waals surface area contributed by atoms with Gasteiger partial charge in [0.25, 0.3) is 0 Å². The molecule has 0 amide bonds. The lowest BCUT2D eigenvalue weighted by Gasteiger charge is -2.48. The maximum Gasteiger partial charge on any atom is 0.312 e. The standard InChI is InChI=1S/C18H32O2.C17H30O2/c1-8-15(3,4)14(19)20-18(9-2)12-13-10-11-17(18,7)16(13,5)6;1-8-14(2,3)13(18)19-17(7)11-12-9-10-16(17,6)15(12,4)5/h13H,8-12H2,1-7H3;12H,8-11H2,1-7H3. The summed E-state index contributed by atoms with van der Waals surface area (Å²) >= 11 is 0. The molecule has 0 aliphatic heterocycles. The zero-order valence-electron chi connectivity index (χ0n) is 28.2. The zero-order chi connectivity index (χ0) is 30.1. The molecule has 6 unspecified atom stereocenters. The van der Waals surface area contributed by atoms with Gasteiger partial charge in [0.1, 0.15) is 11.2 Å². The summed E-state index contributed by atoms with van der Waals surface area (Å²) in [4.78, 5) is 25.1. The summed E-state index contributed by atoms with van der Waals surface area (Å²) in [5.41, 5.74) is -0.483. The highest BCUT2D eigenvalue weighted by Crippen LogP contribution is 2.72. The van der Waals surface area contributed by atoms with Gasteiger partial charge in [-0.25, -0.2) is 0 Å². The van der Waals surface area contributed by atoms with Crippen LogP contribution < -0.4 is 0 Å². The van der Waals surface area contributed by atoms with Crippen LogP contribution in [0.4, 0.5) is 0 Å². The summed E-state index contributed by atoms with van der Waals surface area (Å²) < 4.78 is 12.3. The number of carbonyl (C=O) groups is 2. The molecule has 4 rings (SSSR count). The van der Waals surface area contributed by atoms with Crippen molar-refractivity contribution in [2.75, 3.05) is 0 Å². The summed E-state index contributed by atoms with van der Waals surface area (Å²) in [7, 11) is 0. The number of esters is 2. The van der Waals surface area contributed by atoms with E-state index in [1.54, 1.807) is 0 Å². The lowest BCUT2D eigenvalue weighted by Crippen LogP contribution is -2.51. The Kier molecular flexibility index (Phi) is 8.12. The van der Waals surface area contributed by atoms with Gasteiger partial charge < -0.3 is 9.47 Å². The third-order valence-corrected chi connectivity index (χ3v) is 14.3. The second-order valence-corrected chi connectivity index (χ2v) is 16.8. The van der Waals surface area contributed by atoms with Crippen LogP contribution in [0, 0.1) is 44.3 Å². The van der Waals surface area contributed by atoms with Crippen LogP contribution in [-0.2, 0) is 19.1 Å². The SMILES string of the molecule is CCC(C)(C)C(=O)OC1(C)CC2CCC1(C)C2(C)C.CCC(C)(C)C(=O)OC1(CC)CC2CCC1(C)C2(C)C. The van der Waals surface area contributed by atoms with Gasteiger partial charge in [0.2, 0.25) is 0 Å². The topological polar surface area (TPSA) is 52.6 Å². The molecular weight excluding hydrogens is 484 g/mol. The zero-order valence-corrected chi connectivity index (χ0v) is 28.2. The fraction of sp³-hybridized carbons (Fsp3) is 0.943. The average molecular weight is 547 g/mol. The summed E-state index contributed by atoms with van der Waals surface area (Å²) in [5.74, 6) is 1.36. The first-order valence-corrected chi connectivity index (χ1v) is 16.0. The van der Waals surface area contributed by atoms with Crippen LogP contribution in [0.2, 0.25) is 0 Å². The van der Waals surface area contributed by atoms with E-state index in [4.69, 9.17) is 9.47 Å². The number of ether oxygens (including phenoxy) is 2. The number of carbonyl (C=O) groups excluding carboxylic acids is 2. The molecule has 4 bridgehead atoms. The van der Waals surface area contributed by atoms with E-state index in [9.17, 15) is 9.59 Å². The van der Waals surface area contributed by atoms with Crippen LogP contribution in [-0.4, -0.2) is 23.1 Å². The second-order valence-electron chi connectivity index (χ2n) is 16.8. The maximum absolute atomic E-state index is 12.6. The van der Waals surface area contributed by atoms with Crippen LogP contribution in [0.25, 0.3) is 0 Å². The Bertz CT molecular complexity index is 960. The van der Waals surface area contributed by atoms with Gasteiger partial charge in [-0.15, -0.1) is 0 Å². The third kappa shape index (κ3) is 4.52. The maximum atomic E-state index is 12.6. The molecule has 0 heterocycles. The molecule has 0 N–H and O–H groups in total. The minimum atomic E-state index is -0.371. The molecular formula is C35H62O4. The van der Waals surface area contributed by atoms with E-state index >= 15 is 0 Å². The van der Waals surface area contributed by atoms with Crippen molar-refractivity contribution in [3.8, 4) is 0 Å². The molecule has 0 aromatic carbocycles. The van der Waals surface area contributed by atoms with Crippen molar-refractivity contribution in [3.63, 3.8) is 0 Å². The average Bonchev–Trinajstić information content (AvgIpc) is 3.34. The lowest BCUT2D eigenvalue weighted by atomic mass is 9.63. The second kappa shape index (κ2) is 9.75. The van der Waals surface area contributed by atoms with Crippen LogP contribution >= 0.6 is 0 Å². The van der Waals surface area contributed by atoms with Crippen molar-refractivity contribution < 1.29 is 19.1 Å². The fourth-order valence-corrected chi connectivity index (χ4v) is 8.85. The molecule has 4 aliphatic rings. The molecule has 6 atom stereocenters. The Labute approximate surface area is 241 Å². The first kappa shape index (κ1) is 32.5. The number of hydrogen-bond donors (Lipinski definition) is 0. The van der Waals surface area contributed by atoms with E-state index in [2.05, 4.69) is 69.2 Å². The van der Waals surface area contributed by atoms with Crippen LogP contribution in [0.15, 0.2) is 0 Å². The van der Waals surface area contributed by atoms with Gasteiger partial charge in [0.15, 0.2) is 0 Å². The summed E-state index contributed by atoms with van der Waals surface area (Å²) in [6, 6.07) is 0. The minimum Gasteiger partial charge on any atom is -0.458 e. The summed E-state index contributed by atoms with van der Waals surface area (Å²) in [5, 5.41) is 0. The number of rotatable bonds is 7. The monoisotopic (exact) mass is 546 g/mol.